The molecule has 108 valence electrons. The molecule has 9 heteroatoms. The minimum Gasteiger partial charge on any atom is -0.207 e. The van der Waals surface area contributed by atoms with Crippen LogP contribution in [0.2, 0.25) is 5.02 Å². The van der Waals surface area contributed by atoms with Gasteiger partial charge in [-0.25, -0.2) is 8.42 Å². The molecule has 1 aromatic rings. The summed E-state index contributed by atoms with van der Waals surface area (Å²) in [7, 11) is -3.38. The van der Waals surface area contributed by atoms with Crippen LogP contribution in [-0.2, 0) is 15.9 Å². The third-order valence-electron chi connectivity index (χ3n) is 2.28. The van der Waals surface area contributed by atoms with E-state index in [4.69, 9.17) is 23.2 Å². The molecule has 0 aliphatic heterocycles. The average Bonchev–Trinajstić information content (AvgIpc) is 2.26. The van der Waals surface area contributed by atoms with Crippen molar-refractivity contribution in [2.45, 2.75) is 17.0 Å². The number of halogens is 5. The SMILES string of the molecule is CN(CC(F)(F)F)S(=O)(=O)c1ccc(CCl)c(Cl)c1. The summed E-state index contributed by atoms with van der Waals surface area (Å²) in [5.74, 6) is 0.0809. The summed E-state index contributed by atoms with van der Waals surface area (Å²) in [5, 5.41) is 0.0940. The van der Waals surface area contributed by atoms with Gasteiger partial charge in [0.2, 0.25) is 10.0 Å². The monoisotopic (exact) mass is 335 g/mol. The van der Waals surface area contributed by atoms with Gasteiger partial charge in [0.15, 0.2) is 0 Å². The van der Waals surface area contributed by atoms with Crippen LogP contribution < -0.4 is 0 Å². The van der Waals surface area contributed by atoms with E-state index in [1.807, 2.05) is 0 Å². The third-order valence-corrected chi connectivity index (χ3v) is 4.72. The number of hydrogen-bond donors (Lipinski definition) is 0. The molecular weight excluding hydrogens is 326 g/mol. The normalized spacial score (nSPS) is 13.0. The molecule has 0 radical (unpaired) electrons. The summed E-state index contributed by atoms with van der Waals surface area (Å²) in [6, 6.07) is 3.62. The Labute approximate surface area is 119 Å². The van der Waals surface area contributed by atoms with Crippen LogP contribution in [-0.4, -0.2) is 32.5 Å². The van der Waals surface area contributed by atoms with Crippen molar-refractivity contribution in [2.24, 2.45) is 0 Å². The van der Waals surface area contributed by atoms with Gasteiger partial charge in [-0.15, -0.1) is 11.6 Å². The van der Waals surface area contributed by atoms with E-state index in [1.54, 1.807) is 0 Å². The van der Waals surface area contributed by atoms with Crippen LogP contribution in [0.5, 0.6) is 0 Å². The lowest BCUT2D eigenvalue weighted by molar-refractivity contribution is -0.134. The van der Waals surface area contributed by atoms with Gasteiger partial charge in [0.25, 0.3) is 0 Å². The molecule has 0 spiro atoms. The molecule has 0 saturated heterocycles. The molecular formula is C10H10Cl2F3NO2S. The molecule has 0 saturated carbocycles. The largest absolute Gasteiger partial charge is 0.402 e. The summed E-state index contributed by atoms with van der Waals surface area (Å²) < 4.78 is 60.6. The van der Waals surface area contributed by atoms with Crippen LogP contribution in [0.1, 0.15) is 5.56 Å². The first-order valence-corrected chi connectivity index (χ1v) is 7.30. The fraction of sp³-hybridized carbons (Fsp3) is 0.400. The van der Waals surface area contributed by atoms with Gasteiger partial charge < -0.3 is 0 Å². The minimum absolute atomic E-state index is 0.0809. The number of alkyl halides is 4. The Kier molecular flexibility index (Phi) is 5.11. The number of nitrogens with zero attached hydrogens (tertiary/aromatic N) is 1. The van der Waals surface area contributed by atoms with Gasteiger partial charge in [-0.3, -0.25) is 0 Å². The second kappa shape index (κ2) is 5.87. The highest BCUT2D eigenvalue weighted by molar-refractivity contribution is 7.89. The number of sulfonamides is 1. The second-order valence-corrected chi connectivity index (χ2v) is 6.48. The number of rotatable bonds is 4. The van der Waals surface area contributed by atoms with Crippen molar-refractivity contribution in [3.63, 3.8) is 0 Å². The Bertz CT molecular complexity index is 560. The summed E-state index contributed by atoms with van der Waals surface area (Å²) in [4.78, 5) is -0.307. The quantitative estimate of drug-likeness (QED) is 0.792. The first-order chi connectivity index (χ1) is 8.58. The van der Waals surface area contributed by atoms with Crippen molar-refractivity contribution in [3.05, 3.63) is 28.8 Å². The number of benzene rings is 1. The van der Waals surface area contributed by atoms with Gasteiger partial charge in [-0.1, -0.05) is 17.7 Å². The maximum Gasteiger partial charge on any atom is 0.402 e. The highest BCUT2D eigenvalue weighted by atomic mass is 35.5. The smallest absolute Gasteiger partial charge is 0.207 e. The van der Waals surface area contributed by atoms with Crippen molar-refractivity contribution in [3.8, 4) is 0 Å². The van der Waals surface area contributed by atoms with E-state index in [-0.39, 0.29) is 20.1 Å². The van der Waals surface area contributed by atoms with E-state index < -0.39 is 22.7 Å². The lowest BCUT2D eigenvalue weighted by Gasteiger charge is -2.19. The second-order valence-electron chi connectivity index (χ2n) is 3.76. The Hall–Kier alpha value is -0.500. The van der Waals surface area contributed by atoms with E-state index in [1.165, 1.54) is 12.1 Å². The highest BCUT2D eigenvalue weighted by Gasteiger charge is 2.34. The molecule has 0 aromatic heterocycles. The van der Waals surface area contributed by atoms with Gasteiger partial charge in [0.1, 0.15) is 6.54 Å². The van der Waals surface area contributed by atoms with Crippen LogP contribution in [0, 0.1) is 0 Å². The third kappa shape index (κ3) is 4.24. The van der Waals surface area contributed by atoms with Crippen molar-refractivity contribution in [1.82, 2.24) is 4.31 Å². The first kappa shape index (κ1) is 16.6. The highest BCUT2D eigenvalue weighted by Crippen LogP contribution is 2.25. The van der Waals surface area contributed by atoms with Crippen molar-refractivity contribution in [1.29, 1.82) is 0 Å². The molecule has 19 heavy (non-hydrogen) atoms. The minimum atomic E-state index is -4.61. The summed E-state index contributed by atoms with van der Waals surface area (Å²) in [6.07, 6.45) is -4.61. The first-order valence-electron chi connectivity index (χ1n) is 4.95. The van der Waals surface area contributed by atoms with Crippen molar-refractivity contribution < 1.29 is 21.6 Å². The van der Waals surface area contributed by atoms with Crippen LogP contribution in [0.4, 0.5) is 13.2 Å². The van der Waals surface area contributed by atoms with E-state index in [9.17, 15) is 21.6 Å². The van der Waals surface area contributed by atoms with E-state index >= 15 is 0 Å². The predicted octanol–water partition coefficient (Wildman–Crippen LogP) is 3.26. The van der Waals surface area contributed by atoms with Gasteiger partial charge in [0.05, 0.1) is 4.90 Å². The fourth-order valence-electron chi connectivity index (χ4n) is 1.31. The lowest BCUT2D eigenvalue weighted by atomic mass is 10.2. The summed E-state index contributed by atoms with van der Waals surface area (Å²) in [6.45, 7) is -1.57. The molecule has 0 aliphatic carbocycles. The van der Waals surface area contributed by atoms with Crippen LogP contribution in [0.25, 0.3) is 0 Å². The Morgan fingerprint density at radius 1 is 1.32 bits per heavy atom. The Morgan fingerprint density at radius 2 is 1.89 bits per heavy atom. The average molecular weight is 336 g/mol. The summed E-state index contributed by atoms with van der Waals surface area (Å²) >= 11 is 11.3. The van der Waals surface area contributed by atoms with Crippen LogP contribution in [0.3, 0.4) is 0 Å². The van der Waals surface area contributed by atoms with Crippen molar-refractivity contribution >= 4 is 33.2 Å². The molecule has 0 fully saturated rings. The molecule has 0 amide bonds. The van der Waals surface area contributed by atoms with E-state index in [2.05, 4.69) is 0 Å². The lowest BCUT2D eigenvalue weighted by Crippen LogP contribution is -2.35. The Morgan fingerprint density at radius 3 is 2.32 bits per heavy atom. The predicted molar refractivity (Wildman–Crippen MR) is 66.9 cm³/mol. The zero-order valence-electron chi connectivity index (χ0n) is 9.71. The van der Waals surface area contributed by atoms with Crippen LogP contribution >= 0.6 is 23.2 Å². The summed E-state index contributed by atoms with van der Waals surface area (Å²) in [5.41, 5.74) is 0.501. The van der Waals surface area contributed by atoms with Gasteiger partial charge in [-0.05, 0) is 17.7 Å². The molecule has 0 atom stereocenters. The Balaban J connectivity index is 3.10. The maximum atomic E-state index is 12.2. The maximum absolute atomic E-state index is 12.2. The molecule has 0 unspecified atom stereocenters. The van der Waals surface area contributed by atoms with Gasteiger partial charge in [-0.2, -0.15) is 17.5 Å². The molecule has 0 bridgehead atoms. The van der Waals surface area contributed by atoms with E-state index in [0.717, 1.165) is 13.1 Å². The molecule has 3 nitrogen and oxygen atoms in total. The van der Waals surface area contributed by atoms with E-state index in [0.29, 0.717) is 5.56 Å². The molecule has 1 rings (SSSR count). The molecule has 0 aliphatic rings. The molecule has 0 heterocycles. The van der Waals surface area contributed by atoms with Gasteiger partial charge in [0, 0.05) is 18.0 Å². The molecule has 1 aromatic carbocycles. The van der Waals surface area contributed by atoms with Crippen molar-refractivity contribution in [2.75, 3.05) is 13.6 Å². The number of hydrogen-bond acceptors (Lipinski definition) is 2. The van der Waals surface area contributed by atoms with Crippen LogP contribution in [0.15, 0.2) is 23.1 Å². The zero-order valence-corrected chi connectivity index (χ0v) is 12.0. The topological polar surface area (TPSA) is 37.4 Å². The molecule has 0 N–H and O–H groups in total. The zero-order chi connectivity index (χ0) is 14.8. The van der Waals surface area contributed by atoms with Gasteiger partial charge >= 0.3 is 6.18 Å². The fourth-order valence-corrected chi connectivity index (χ4v) is 3.11. The standard InChI is InChI=1S/C10H10Cl2F3NO2S/c1-16(6-10(13,14)15)19(17,18)8-3-2-7(5-11)9(12)4-8/h2-4H,5-6H2,1H3.